The fourth-order valence-corrected chi connectivity index (χ4v) is 6.15. The van der Waals surface area contributed by atoms with Crippen LogP contribution in [0.3, 0.4) is 0 Å². The normalized spacial score (nSPS) is 29.1. The van der Waals surface area contributed by atoms with Crippen molar-refractivity contribution in [3.8, 4) is 0 Å². The van der Waals surface area contributed by atoms with Crippen molar-refractivity contribution in [2.45, 2.75) is 63.3 Å². The molecule has 2 saturated heterocycles. The fourth-order valence-electron chi connectivity index (χ4n) is 5.60. The Labute approximate surface area is 192 Å². The second-order valence-corrected chi connectivity index (χ2v) is 11.4. The summed E-state index contributed by atoms with van der Waals surface area (Å²) in [6, 6.07) is 3.51. The monoisotopic (exact) mass is 489 g/mol. The van der Waals surface area contributed by atoms with Crippen LogP contribution in [0, 0.1) is 5.41 Å². The molecule has 33 heavy (non-hydrogen) atoms. The number of halogens is 3. The van der Waals surface area contributed by atoms with Gasteiger partial charge < -0.3 is 14.9 Å². The molecule has 1 aliphatic carbocycles. The Kier molecular flexibility index (Phi) is 6.32. The highest BCUT2D eigenvalue weighted by Gasteiger charge is 2.51. The fraction of sp³-hybridized carbons (Fsp3) is 0.682. The summed E-state index contributed by atoms with van der Waals surface area (Å²) < 4.78 is 66.7. The van der Waals surface area contributed by atoms with Gasteiger partial charge in [-0.1, -0.05) is 0 Å². The van der Waals surface area contributed by atoms with E-state index in [1.807, 2.05) is 4.90 Å². The van der Waals surface area contributed by atoms with Crippen LogP contribution in [-0.2, 0) is 21.0 Å². The van der Waals surface area contributed by atoms with E-state index in [1.54, 1.807) is 4.90 Å². The Morgan fingerprint density at radius 2 is 1.82 bits per heavy atom. The maximum absolute atomic E-state index is 13.9. The Morgan fingerprint density at radius 3 is 2.45 bits per heavy atom. The van der Waals surface area contributed by atoms with Crippen molar-refractivity contribution in [2.75, 3.05) is 35.5 Å². The molecule has 0 bridgehead atoms. The van der Waals surface area contributed by atoms with Crippen LogP contribution < -0.4 is 9.62 Å². The maximum atomic E-state index is 13.9. The minimum atomic E-state index is -4.68. The zero-order valence-electron chi connectivity index (χ0n) is 18.6. The van der Waals surface area contributed by atoms with Gasteiger partial charge in [0.25, 0.3) is 0 Å². The first-order valence-electron chi connectivity index (χ1n) is 11.3. The number of alkyl halides is 3. The summed E-state index contributed by atoms with van der Waals surface area (Å²) in [5.41, 5.74) is -1.81. The first-order valence-corrected chi connectivity index (χ1v) is 13.2. The second-order valence-electron chi connectivity index (χ2n) is 9.62. The number of benzene rings is 1. The lowest BCUT2D eigenvalue weighted by Crippen LogP contribution is -2.50. The second kappa shape index (κ2) is 8.65. The number of nitrogens with one attached hydrogen (secondary N) is 1. The molecule has 7 nitrogen and oxygen atoms in total. The number of hydrogen-bond acceptors (Lipinski definition) is 5. The molecule has 4 rings (SSSR count). The molecule has 1 amide bonds. The standard InChI is InChI=1S/C22H30F3N3O4S/c1-33(31,32)26-15-3-8-19(18(13-15)22(23,24)25)27-11-2-9-21(14-27)10-12-28(20(21)30)16-4-6-17(29)7-5-16/h3,8,13,16-17,26,29H,2,4-7,9-12,14H2,1H3/t16-,17-,21-/m0/s1. The van der Waals surface area contributed by atoms with E-state index < -0.39 is 27.2 Å². The Balaban J connectivity index is 1.58. The Bertz CT molecular complexity index is 1010. The minimum Gasteiger partial charge on any atom is -0.393 e. The van der Waals surface area contributed by atoms with Crippen molar-refractivity contribution in [3.63, 3.8) is 0 Å². The van der Waals surface area contributed by atoms with Crippen LogP contribution in [0.5, 0.6) is 0 Å². The number of anilines is 2. The molecule has 3 fully saturated rings. The zero-order chi connectivity index (χ0) is 24.0. The predicted molar refractivity (Wildman–Crippen MR) is 118 cm³/mol. The third kappa shape index (κ3) is 5.08. The summed E-state index contributed by atoms with van der Waals surface area (Å²) in [5.74, 6) is 0.0116. The molecule has 0 aromatic heterocycles. The average Bonchev–Trinajstić information content (AvgIpc) is 3.02. The van der Waals surface area contributed by atoms with Crippen LogP contribution in [0.2, 0.25) is 0 Å². The molecule has 2 heterocycles. The lowest BCUT2D eigenvalue weighted by atomic mass is 9.78. The third-order valence-electron chi connectivity index (χ3n) is 7.18. The highest BCUT2D eigenvalue weighted by molar-refractivity contribution is 7.92. The van der Waals surface area contributed by atoms with Crippen molar-refractivity contribution >= 4 is 27.3 Å². The van der Waals surface area contributed by atoms with E-state index in [0.29, 0.717) is 45.2 Å². The van der Waals surface area contributed by atoms with Gasteiger partial charge in [-0.15, -0.1) is 0 Å². The molecule has 3 aliphatic rings. The summed E-state index contributed by atoms with van der Waals surface area (Å²) >= 11 is 0. The molecule has 11 heteroatoms. The van der Waals surface area contributed by atoms with E-state index in [2.05, 4.69) is 4.72 Å². The van der Waals surface area contributed by atoms with E-state index in [0.717, 1.165) is 25.2 Å². The SMILES string of the molecule is CS(=O)(=O)Nc1ccc(N2CCC[C@]3(CCN([C@H]4CC[C@H](O)CC4)C3=O)C2)c(C(F)(F)F)c1. The lowest BCUT2D eigenvalue weighted by molar-refractivity contribution is -0.139. The van der Waals surface area contributed by atoms with Gasteiger partial charge in [0.05, 0.1) is 23.3 Å². The summed E-state index contributed by atoms with van der Waals surface area (Å²) in [6.45, 7) is 1.20. The molecule has 0 unspecified atom stereocenters. The number of nitrogens with zero attached hydrogens (tertiary/aromatic N) is 2. The topological polar surface area (TPSA) is 90.0 Å². The number of aliphatic hydroxyl groups excluding tert-OH is 1. The van der Waals surface area contributed by atoms with Gasteiger partial charge in [-0.05, 0) is 63.1 Å². The van der Waals surface area contributed by atoms with Crippen LogP contribution in [0.1, 0.15) is 50.5 Å². The molecule has 184 valence electrons. The third-order valence-corrected chi connectivity index (χ3v) is 7.78. The van der Waals surface area contributed by atoms with Crippen molar-refractivity contribution in [1.82, 2.24) is 4.90 Å². The van der Waals surface area contributed by atoms with Gasteiger partial charge in [0.1, 0.15) is 0 Å². The summed E-state index contributed by atoms with van der Waals surface area (Å²) in [7, 11) is -3.72. The highest BCUT2D eigenvalue weighted by Crippen LogP contribution is 2.46. The number of aliphatic hydroxyl groups is 1. The van der Waals surface area contributed by atoms with E-state index in [-0.39, 0.29) is 36.0 Å². The molecule has 1 saturated carbocycles. The number of rotatable bonds is 4. The number of carbonyl (C=O) groups is 1. The largest absolute Gasteiger partial charge is 0.418 e. The summed E-state index contributed by atoms with van der Waals surface area (Å²) in [6.07, 6.45) is 0.561. The van der Waals surface area contributed by atoms with Gasteiger partial charge in [0.15, 0.2) is 0 Å². The number of carbonyl (C=O) groups excluding carboxylic acids is 1. The van der Waals surface area contributed by atoms with Crippen molar-refractivity contribution in [2.24, 2.45) is 5.41 Å². The Hall–Kier alpha value is -2.01. The number of likely N-dealkylation sites (tertiary alicyclic amines) is 1. The molecule has 1 spiro atoms. The number of hydrogen-bond donors (Lipinski definition) is 2. The van der Waals surface area contributed by atoms with E-state index in [1.165, 1.54) is 12.1 Å². The number of piperidine rings is 1. The van der Waals surface area contributed by atoms with Gasteiger partial charge in [0.2, 0.25) is 15.9 Å². The molecular formula is C22H30F3N3O4S. The predicted octanol–water partition coefficient (Wildman–Crippen LogP) is 3.20. The first-order chi connectivity index (χ1) is 15.4. The molecule has 2 aliphatic heterocycles. The van der Waals surface area contributed by atoms with Crippen LogP contribution in [0.15, 0.2) is 18.2 Å². The zero-order valence-corrected chi connectivity index (χ0v) is 19.4. The first kappa shape index (κ1) is 24.1. The van der Waals surface area contributed by atoms with Crippen LogP contribution in [0.25, 0.3) is 0 Å². The van der Waals surface area contributed by atoms with Crippen LogP contribution in [-0.4, -0.2) is 62.4 Å². The molecular weight excluding hydrogens is 459 g/mol. The quantitative estimate of drug-likeness (QED) is 0.678. The molecule has 1 aromatic rings. The van der Waals surface area contributed by atoms with Gasteiger partial charge in [-0.3, -0.25) is 9.52 Å². The van der Waals surface area contributed by atoms with Crippen LogP contribution >= 0.6 is 0 Å². The van der Waals surface area contributed by atoms with E-state index >= 15 is 0 Å². The number of sulfonamides is 1. The lowest BCUT2D eigenvalue weighted by Gasteiger charge is -2.42. The van der Waals surface area contributed by atoms with E-state index in [9.17, 15) is 31.5 Å². The van der Waals surface area contributed by atoms with Crippen molar-refractivity contribution in [3.05, 3.63) is 23.8 Å². The average molecular weight is 490 g/mol. The van der Waals surface area contributed by atoms with E-state index in [4.69, 9.17) is 0 Å². The van der Waals surface area contributed by atoms with Crippen LogP contribution in [0.4, 0.5) is 24.5 Å². The molecule has 1 atom stereocenters. The van der Waals surface area contributed by atoms with Crippen molar-refractivity contribution in [1.29, 1.82) is 0 Å². The highest BCUT2D eigenvalue weighted by atomic mass is 32.2. The van der Waals surface area contributed by atoms with Crippen molar-refractivity contribution < 1.29 is 31.5 Å². The van der Waals surface area contributed by atoms with Gasteiger partial charge in [0, 0.05) is 37.1 Å². The smallest absolute Gasteiger partial charge is 0.393 e. The Morgan fingerprint density at radius 1 is 1.12 bits per heavy atom. The summed E-state index contributed by atoms with van der Waals surface area (Å²) in [5, 5.41) is 9.77. The molecule has 0 radical (unpaired) electrons. The van der Waals surface area contributed by atoms with Gasteiger partial charge in [-0.2, -0.15) is 13.2 Å². The maximum Gasteiger partial charge on any atom is 0.418 e. The number of amides is 1. The van der Waals surface area contributed by atoms with Gasteiger partial charge in [-0.25, -0.2) is 8.42 Å². The molecule has 2 N–H and O–H groups in total. The molecule has 1 aromatic carbocycles. The van der Waals surface area contributed by atoms with Gasteiger partial charge >= 0.3 is 6.18 Å². The minimum absolute atomic E-state index is 0.0116. The summed E-state index contributed by atoms with van der Waals surface area (Å²) in [4.78, 5) is 17.0.